The van der Waals surface area contributed by atoms with Gasteiger partial charge in [-0.05, 0) is 23.8 Å². The van der Waals surface area contributed by atoms with Gasteiger partial charge in [-0.15, -0.1) is 0 Å². The quantitative estimate of drug-likeness (QED) is 0.545. The normalized spacial score (nSPS) is 11.8. The highest BCUT2D eigenvalue weighted by molar-refractivity contribution is 5.76. The highest BCUT2D eigenvalue weighted by Crippen LogP contribution is 2.43. The minimum absolute atomic E-state index is 0.0256. The zero-order chi connectivity index (χ0) is 13.4. The highest BCUT2D eigenvalue weighted by atomic mass is 16.6. The van der Waals surface area contributed by atoms with Crippen molar-refractivity contribution in [3.63, 3.8) is 0 Å². The molecule has 1 aliphatic rings. The third kappa shape index (κ3) is 1.98. The molecule has 6 heteroatoms. The number of benzene rings is 2. The maximum absolute atomic E-state index is 10.7. The minimum atomic E-state index is -0.469. The lowest BCUT2D eigenvalue weighted by molar-refractivity contribution is -0.384. The molecule has 0 atom stereocenters. The zero-order valence-corrected chi connectivity index (χ0v) is 9.79. The standard InChI is InChI=1S/C13H10N2O4/c16-7-8-1-3-10-12(5-8)19-13-6-9(15(17)18)2-4-11(13)14-10/h1-6,14,16H,7H2. The van der Waals surface area contributed by atoms with Crippen LogP contribution < -0.4 is 10.1 Å². The van der Waals surface area contributed by atoms with Crippen molar-refractivity contribution in [3.8, 4) is 11.5 Å². The molecule has 19 heavy (non-hydrogen) atoms. The Kier molecular flexibility index (Phi) is 2.57. The molecule has 0 aromatic heterocycles. The summed E-state index contributed by atoms with van der Waals surface area (Å²) in [6, 6.07) is 9.68. The number of ether oxygens (including phenoxy) is 1. The van der Waals surface area contributed by atoms with Crippen LogP contribution in [0.2, 0.25) is 0 Å². The average Bonchev–Trinajstić information content (AvgIpc) is 2.43. The molecule has 1 aliphatic heterocycles. The predicted molar refractivity (Wildman–Crippen MR) is 68.8 cm³/mol. The Bertz CT molecular complexity index is 670. The molecule has 0 bridgehead atoms. The summed E-state index contributed by atoms with van der Waals surface area (Å²) in [5.41, 5.74) is 2.13. The highest BCUT2D eigenvalue weighted by Gasteiger charge is 2.19. The van der Waals surface area contributed by atoms with Crippen LogP contribution in [0.4, 0.5) is 17.1 Å². The van der Waals surface area contributed by atoms with Crippen molar-refractivity contribution in [1.29, 1.82) is 0 Å². The summed E-state index contributed by atoms with van der Waals surface area (Å²) < 4.78 is 5.63. The molecule has 96 valence electrons. The van der Waals surface area contributed by atoms with Gasteiger partial charge in [-0.1, -0.05) is 6.07 Å². The molecule has 0 radical (unpaired) electrons. The Morgan fingerprint density at radius 3 is 2.53 bits per heavy atom. The molecule has 2 N–H and O–H groups in total. The first-order valence-electron chi connectivity index (χ1n) is 5.64. The second kappa shape index (κ2) is 4.25. The van der Waals surface area contributed by atoms with Gasteiger partial charge in [0.15, 0.2) is 11.5 Å². The summed E-state index contributed by atoms with van der Waals surface area (Å²) in [6.45, 7) is -0.0849. The van der Waals surface area contributed by atoms with Gasteiger partial charge in [-0.25, -0.2) is 0 Å². The molecule has 1 heterocycles. The van der Waals surface area contributed by atoms with Crippen LogP contribution in [0.25, 0.3) is 0 Å². The van der Waals surface area contributed by atoms with Crippen molar-refractivity contribution in [1.82, 2.24) is 0 Å². The molecule has 2 aromatic carbocycles. The van der Waals surface area contributed by atoms with Gasteiger partial charge < -0.3 is 15.2 Å². The van der Waals surface area contributed by atoms with Gasteiger partial charge in [0, 0.05) is 6.07 Å². The molecule has 3 rings (SSSR count). The van der Waals surface area contributed by atoms with E-state index in [-0.39, 0.29) is 12.3 Å². The molecule has 2 aromatic rings. The molecule has 0 saturated heterocycles. The van der Waals surface area contributed by atoms with Crippen molar-refractivity contribution in [2.75, 3.05) is 5.32 Å². The maximum atomic E-state index is 10.7. The fourth-order valence-corrected chi connectivity index (χ4v) is 1.93. The van der Waals surface area contributed by atoms with E-state index in [2.05, 4.69) is 5.32 Å². The summed E-state index contributed by atoms with van der Waals surface area (Å²) in [6.07, 6.45) is 0. The summed E-state index contributed by atoms with van der Waals surface area (Å²) in [7, 11) is 0. The van der Waals surface area contributed by atoms with Gasteiger partial charge in [0.25, 0.3) is 5.69 Å². The number of nitrogens with zero attached hydrogens (tertiary/aromatic N) is 1. The molecule has 0 aliphatic carbocycles. The third-order valence-corrected chi connectivity index (χ3v) is 2.89. The fraction of sp³-hybridized carbons (Fsp3) is 0.0769. The van der Waals surface area contributed by atoms with Crippen LogP contribution in [0.1, 0.15) is 5.56 Å². The number of nitrogens with one attached hydrogen (secondary N) is 1. The van der Waals surface area contributed by atoms with Crippen molar-refractivity contribution in [3.05, 3.63) is 52.1 Å². The van der Waals surface area contributed by atoms with E-state index in [1.165, 1.54) is 12.1 Å². The van der Waals surface area contributed by atoms with Crippen LogP contribution in [0, 0.1) is 10.1 Å². The maximum Gasteiger partial charge on any atom is 0.273 e. The molecular formula is C13H10N2O4. The van der Waals surface area contributed by atoms with E-state index >= 15 is 0 Å². The van der Waals surface area contributed by atoms with Gasteiger partial charge in [0.05, 0.1) is 29.0 Å². The summed E-state index contributed by atoms with van der Waals surface area (Å²) in [5, 5.41) is 22.9. The number of non-ortho nitro benzene ring substituents is 1. The number of hydrogen-bond acceptors (Lipinski definition) is 5. The van der Waals surface area contributed by atoms with Gasteiger partial charge >= 0.3 is 0 Å². The Balaban J connectivity index is 2.02. The van der Waals surface area contributed by atoms with Crippen molar-refractivity contribution >= 4 is 17.1 Å². The fourth-order valence-electron chi connectivity index (χ4n) is 1.93. The topological polar surface area (TPSA) is 84.6 Å². The number of hydrogen-bond donors (Lipinski definition) is 2. The number of nitro benzene ring substituents is 1. The van der Waals surface area contributed by atoms with Crippen LogP contribution in [0.5, 0.6) is 11.5 Å². The van der Waals surface area contributed by atoms with Gasteiger partial charge in [0.2, 0.25) is 0 Å². The van der Waals surface area contributed by atoms with Gasteiger partial charge in [-0.2, -0.15) is 0 Å². The van der Waals surface area contributed by atoms with E-state index in [4.69, 9.17) is 9.84 Å². The third-order valence-electron chi connectivity index (χ3n) is 2.89. The van der Waals surface area contributed by atoms with Crippen LogP contribution in [0.3, 0.4) is 0 Å². The lowest BCUT2D eigenvalue weighted by atomic mass is 10.1. The minimum Gasteiger partial charge on any atom is -0.453 e. The lowest BCUT2D eigenvalue weighted by Crippen LogP contribution is -2.04. The molecule has 0 fully saturated rings. The number of aliphatic hydroxyl groups is 1. The van der Waals surface area contributed by atoms with Crippen molar-refractivity contribution in [2.24, 2.45) is 0 Å². The molecule has 0 saturated carbocycles. The van der Waals surface area contributed by atoms with E-state index in [0.29, 0.717) is 17.2 Å². The van der Waals surface area contributed by atoms with Crippen LogP contribution in [-0.2, 0) is 6.61 Å². The second-order valence-corrected chi connectivity index (χ2v) is 4.15. The van der Waals surface area contributed by atoms with E-state index in [1.54, 1.807) is 24.3 Å². The van der Waals surface area contributed by atoms with Crippen LogP contribution >= 0.6 is 0 Å². The largest absolute Gasteiger partial charge is 0.453 e. The number of aliphatic hydroxyl groups excluding tert-OH is 1. The van der Waals surface area contributed by atoms with E-state index in [0.717, 1.165) is 11.3 Å². The predicted octanol–water partition coefficient (Wildman–Crippen LogP) is 2.94. The van der Waals surface area contributed by atoms with E-state index in [1.807, 2.05) is 0 Å². The Morgan fingerprint density at radius 2 is 1.84 bits per heavy atom. The molecular weight excluding hydrogens is 248 g/mol. The molecule has 0 spiro atoms. The van der Waals surface area contributed by atoms with Crippen LogP contribution in [-0.4, -0.2) is 10.0 Å². The van der Waals surface area contributed by atoms with Gasteiger partial charge in [0.1, 0.15) is 0 Å². The summed E-state index contributed by atoms with van der Waals surface area (Å²) in [5.74, 6) is 0.941. The molecule has 0 unspecified atom stereocenters. The average molecular weight is 258 g/mol. The first-order valence-corrected chi connectivity index (χ1v) is 5.64. The number of nitro groups is 1. The number of rotatable bonds is 2. The Labute approximate surface area is 108 Å². The first kappa shape index (κ1) is 11.5. The smallest absolute Gasteiger partial charge is 0.273 e. The van der Waals surface area contributed by atoms with E-state index < -0.39 is 4.92 Å². The monoisotopic (exact) mass is 258 g/mol. The van der Waals surface area contributed by atoms with Crippen LogP contribution in [0.15, 0.2) is 36.4 Å². The Morgan fingerprint density at radius 1 is 1.16 bits per heavy atom. The number of anilines is 2. The molecule has 0 amide bonds. The molecule has 6 nitrogen and oxygen atoms in total. The first-order chi connectivity index (χ1) is 9.17. The van der Waals surface area contributed by atoms with Crippen molar-refractivity contribution < 1.29 is 14.8 Å². The summed E-state index contributed by atoms with van der Waals surface area (Å²) >= 11 is 0. The van der Waals surface area contributed by atoms with Crippen molar-refractivity contribution in [2.45, 2.75) is 6.61 Å². The SMILES string of the molecule is O=[N+]([O-])c1ccc2c(c1)Oc1cc(CO)ccc1N2. The Hall–Kier alpha value is -2.60. The van der Waals surface area contributed by atoms with Gasteiger partial charge in [-0.3, -0.25) is 10.1 Å². The summed E-state index contributed by atoms with van der Waals surface area (Å²) in [4.78, 5) is 10.3. The second-order valence-electron chi connectivity index (χ2n) is 4.15. The lowest BCUT2D eigenvalue weighted by Gasteiger charge is -2.21. The zero-order valence-electron chi connectivity index (χ0n) is 9.79. The number of fused-ring (bicyclic) bond motifs is 2. The van der Waals surface area contributed by atoms with E-state index in [9.17, 15) is 10.1 Å².